The highest BCUT2D eigenvalue weighted by Gasteiger charge is 2.27. The molecule has 1 rings (SSSR count). The number of carboxylic acid groups (broad SMARTS) is 1. The lowest BCUT2D eigenvalue weighted by atomic mass is 9.89. The van der Waals surface area contributed by atoms with Crippen molar-refractivity contribution in [3.05, 3.63) is 0 Å². The van der Waals surface area contributed by atoms with E-state index in [1.165, 1.54) is 32.1 Å². The molecule has 0 unspecified atom stereocenters. The normalized spacial score (nSPS) is 20.1. The predicted octanol–water partition coefficient (Wildman–Crippen LogP) is 2.75. The maximum Gasteiger partial charge on any atom is 0.309 e. The van der Waals surface area contributed by atoms with Gasteiger partial charge in [-0.3, -0.25) is 4.79 Å². The molecule has 3 heteroatoms. The van der Waals surface area contributed by atoms with Crippen molar-refractivity contribution in [2.24, 2.45) is 5.41 Å². The van der Waals surface area contributed by atoms with Gasteiger partial charge >= 0.3 is 5.97 Å². The van der Waals surface area contributed by atoms with Gasteiger partial charge in [-0.1, -0.05) is 19.3 Å². The van der Waals surface area contributed by atoms with Crippen LogP contribution in [0.1, 0.15) is 52.4 Å². The minimum Gasteiger partial charge on any atom is -0.481 e. The van der Waals surface area contributed by atoms with Crippen molar-refractivity contribution in [1.82, 2.24) is 4.90 Å². The van der Waals surface area contributed by atoms with Crippen molar-refractivity contribution in [2.75, 3.05) is 19.6 Å². The molecule has 1 aliphatic heterocycles. The Morgan fingerprint density at radius 1 is 1.12 bits per heavy atom. The highest BCUT2D eigenvalue weighted by molar-refractivity contribution is 5.73. The van der Waals surface area contributed by atoms with E-state index >= 15 is 0 Å². The van der Waals surface area contributed by atoms with E-state index in [0.29, 0.717) is 0 Å². The summed E-state index contributed by atoms with van der Waals surface area (Å²) >= 11 is 0. The third-order valence-electron chi connectivity index (χ3n) is 3.58. The first-order chi connectivity index (χ1) is 7.52. The molecule has 0 saturated carbocycles. The van der Waals surface area contributed by atoms with Crippen LogP contribution in [0.3, 0.4) is 0 Å². The second-order valence-corrected chi connectivity index (χ2v) is 5.55. The fourth-order valence-corrected chi connectivity index (χ4v) is 2.08. The maximum absolute atomic E-state index is 11.0. The van der Waals surface area contributed by atoms with Crippen LogP contribution in [0.4, 0.5) is 0 Å². The summed E-state index contributed by atoms with van der Waals surface area (Å²) in [6.07, 6.45) is 7.33. The molecule has 0 aromatic carbocycles. The minimum absolute atomic E-state index is 0.581. The van der Waals surface area contributed by atoms with Gasteiger partial charge in [0.2, 0.25) is 0 Å². The summed E-state index contributed by atoms with van der Waals surface area (Å²) in [6.45, 7) is 6.86. The molecule has 0 atom stereocenters. The van der Waals surface area contributed by atoms with E-state index in [4.69, 9.17) is 5.11 Å². The Bertz CT molecular complexity index is 218. The van der Waals surface area contributed by atoms with Crippen LogP contribution < -0.4 is 0 Å². The Balaban J connectivity index is 2.32. The lowest BCUT2D eigenvalue weighted by Gasteiger charge is -2.28. The van der Waals surface area contributed by atoms with E-state index in [2.05, 4.69) is 4.90 Å². The number of nitrogens with zero attached hydrogens (tertiary/aromatic N) is 1. The molecule has 0 aromatic rings. The molecule has 1 aliphatic rings. The van der Waals surface area contributed by atoms with Gasteiger partial charge in [0.15, 0.2) is 0 Å². The summed E-state index contributed by atoms with van der Waals surface area (Å²) in [7, 11) is 0. The van der Waals surface area contributed by atoms with Crippen molar-refractivity contribution in [3.8, 4) is 0 Å². The largest absolute Gasteiger partial charge is 0.481 e. The molecule has 0 spiro atoms. The lowest BCUT2D eigenvalue weighted by molar-refractivity contribution is -0.147. The molecule has 1 N–H and O–H groups in total. The highest BCUT2D eigenvalue weighted by atomic mass is 16.4. The van der Waals surface area contributed by atoms with Crippen LogP contribution in [0.15, 0.2) is 0 Å². The molecule has 1 heterocycles. The zero-order valence-corrected chi connectivity index (χ0v) is 10.7. The second-order valence-electron chi connectivity index (χ2n) is 5.55. The topological polar surface area (TPSA) is 40.5 Å². The van der Waals surface area contributed by atoms with Crippen LogP contribution in [0.5, 0.6) is 0 Å². The Kier molecular flexibility index (Phi) is 5.26. The Hall–Kier alpha value is -0.570. The second kappa shape index (κ2) is 6.24. The van der Waals surface area contributed by atoms with Crippen molar-refractivity contribution in [3.63, 3.8) is 0 Å². The van der Waals surface area contributed by atoms with Gasteiger partial charge in [0.05, 0.1) is 5.41 Å². The SMILES string of the molecule is CC(C)(CCN1CCCCCCC1)C(=O)O. The van der Waals surface area contributed by atoms with Gasteiger partial charge in [0.25, 0.3) is 0 Å². The summed E-state index contributed by atoms with van der Waals surface area (Å²) in [5, 5.41) is 9.05. The van der Waals surface area contributed by atoms with E-state index in [1.807, 2.05) is 13.8 Å². The number of rotatable bonds is 4. The summed E-state index contributed by atoms with van der Waals surface area (Å²) in [4.78, 5) is 13.4. The molecule has 0 aromatic heterocycles. The molecule has 16 heavy (non-hydrogen) atoms. The van der Waals surface area contributed by atoms with Crippen LogP contribution >= 0.6 is 0 Å². The van der Waals surface area contributed by atoms with Gasteiger partial charge in [-0.25, -0.2) is 0 Å². The predicted molar refractivity (Wildman–Crippen MR) is 65.6 cm³/mol. The van der Waals surface area contributed by atoms with E-state index in [-0.39, 0.29) is 0 Å². The molecule has 94 valence electrons. The zero-order chi connectivity index (χ0) is 12.0. The number of aliphatic carboxylic acids is 1. The van der Waals surface area contributed by atoms with Crippen molar-refractivity contribution in [2.45, 2.75) is 52.4 Å². The number of hydrogen-bond acceptors (Lipinski definition) is 2. The molecule has 0 bridgehead atoms. The monoisotopic (exact) mass is 227 g/mol. The van der Waals surface area contributed by atoms with Gasteiger partial charge in [-0.15, -0.1) is 0 Å². The van der Waals surface area contributed by atoms with Crippen LogP contribution in [-0.4, -0.2) is 35.6 Å². The molecular weight excluding hydrogens is 202 g/mol. The summed E-state index contributed by atoms with van der Waals surface area (Å²) in [5.41, 5.74) is -0.581. The van der Waals surface area contributed by atoms with Crippen molar-refractivity contribution < 1.29 is 9.90 Å². The third-order valence-corrected chi connectivity index (χ3v) is 3.58. The lowest BCUT2D eigenvalue weighted by Crippen LogP contribution is -2.33. The van der Waals surface area contributed by atoms with Crippen LogP contribution in [0, 0.1) is 5.41 Å². The quantitative estimate of drug-likeness (QED) is 0.803. The molecule has 3 nitrogen and oxygen atoms in total. The first-order valence-electron chi connectivity index (χ1n) is 6.48. The molecule has 1 fully saturated rings. The minimum atomic E-state index is -0.681. The van der Waals surface area contributed by atoms with Gasteiger partial charge in [-0.2, -0.15) is 0 Å². The van der Waals surface area contributed by atoms with Gasteiger partial charge in [-0.05, 0) is 52.7 Å². The van der Waals surface area contributed by atoms with Crippen LogP contribution in [0.2, 0.25) is 0 Å². The average Bonchev–Trinajstić information content (AvgIpc) is 2.15. The number of carboxylic acids is 1. The third kappa shape index (κ3) is 4.52. The van der Waals surface area contributed by atoms with E-state index < -0.39 is 11.4 Å². The summed E-state index contributed by atoms with van der Waals surface area (Å²) in [6, 6.07) is 0. The molecular formula is C13H25NO2. The standard InChI is InChI=1S/C13H25NO2/c1-13(2,12(15)16)8-11-14-9-6-4-3-5-7-10-14/h3-11H2,1-2H3,(H,15,16). The van der Waals surface area contributed by atoms with E-state index in [9.17, 15) is 4.79 Å². The first-order valence-corrected chi connectivity index (χ1v) is 6.48. The number of carbonyl (C=O) groups is 1. The smallest absolute Gasteiger partial charge is 0.309 e. The molecule has 1 saturated heterocycles. The Labute approximate surface area is 98.8 Å². The maximum atomic E-state index is 11.0. The van der Waals surface area contributed by atoms with Crippen LogP contribution in [0.25, 0.3) is 0 Å². The highest BCUT2D eigenvalue weighted by Crippen LogP contribution is 2.21. The first kappa shape index (κ1) is 13.5. The molecule has 0 radical (unpaired) electrons. The summed E-state index contributed by atoms with van der Waals surface area (Å²) < 4.78 is 0. The molecule has 0 aliphatic carbocycles. The molecule has 0 amide bonds. The van der Waals surface area contributed by atoms with E-state index in [1.54, 1.807) is 0 Å². The van der Waals surface area contributed by atoms with Crippen LogP contribution in [-0.2, 0) is 4.79 Å². The number of likely N-dealkylation sites (tertiary alicyclic amines) is 1. The fourth-order valence-electron chi connectivity index (χ4n) is 2.08. The zero-order valence-electron chi connectivity index (χ0n) is 10.7. The van der Waals surface area contributed by atoms with Gasteiger partial charge in [0, 0.05) is 0 Å². The van der Waals surface area contributed by atoms with E-state index in [0.717, 1.165) is 26.1 Å². The Morgan fingerprint density at radius 2 is 1.62 bits per heavy atom. The van der Waals surface area contributed by atoms with Crippen molar-refractivity contribution in [1.29, 1.82) is 0 Å². The average molecular weight is 227 g/mol. The summed E-state index contributed by atoms with van der Waals surface area (Å²) in [5.74, 6) is -0.681. The van der Waals surface area contributed by atoms with Crippen molar-refractivity contribution >= 4 is 5.97 Å². The Morgan fingerprint density at radius 3 is 2.12 bits per heavy atom. The number of hydrogen-bond donors (Lipinski definition) is 1. The van der Waals surface area contributed by atoms with Gasteiger partial charge < -0.3 is 10.0 Å². The fraction of sp³-hybridized carbons (Fsp3) is 0.923. The van der Waals surface area contributed by atoms with Gasteiger partial charge in [0.1, 0.15) is 0 Å².